The van der Waals surface area contributed by atoms with E-state index in [4.69, 9.17) is 10.5 Å². The van der Waals surface area contributed by atoms with Gasteiger partial charge in [0, 0.05) is 44.5 Å². The number of benzene rings is 2. The van der Waals surface area contributed by atoms with Crippen molar-refractivity contribution in [2.75, 3.05) is 19.6 Å². The smallest absolute Gasteiger partial charge is 0.236 e. The summed E-state index contributed by atoms with van der Waals surface area (Å²) in [6, 6.07) is 23.7. The van der Waals surface area contributed by atoms with Gasteiger partial charge in [-0.25, -0.2) is 0 Å². The molecule has 1 aliphatic heterocycles. The van der Waals surface area contributed by atoms with Gasteiger partial charge in [-0.1, -0.05) is 54.6 Å². The summed E-state index contributed by atoms with van der Waals surface area (Å²) in [6.07, 6.45) is 1.76. The van der Waals surface area contributed by atoms with E-state index in [0.29, 0.717) is 19.7 Å². The standard InChI is InChI=1S/C25H28N4O2/c26-25(30)23-18-28(16-20-8-2-1-3-9-20)14-15-29(23)17-21-10-4-5-12-24(21)31-19-22-11-6-7-13-27-22/h1-13,23H,14-19H2,(H2,26,30)/t23-/m1/s1. The number of ether oxygens (including phenoxy) is 1. The first kappa shape index (κ1) is 21.0. The van der Waals surface area contributed by atoms with Crippen LogP contribution in [0.25, 0.3) is 0 Å². The van der Waals surface area contributed by atoms with Crippen molar-refractivity contribution in [3.8, 4) is 5.75 Å². The summed E-state index contributed by atoms with van der Waals surface area (Å²) in [7, 11) is 0. The molecular formula is C25H28N4O2. The number of piperazine rings is 1. The minimum atomic E-state index is -0.332. The molecule has 1 fully saturated rings. The number of rotatable bonds is 8. The fourth-order valence-electron chi connectivity index (χ4n) is 3.95. The number of primary amides is 1. The van der Waals surface area contributed by atoms with Crippen molar-refractivity contribution < 1.29 is 9.53 Å². The van der Waals surface area contributed by atoms with Crippen LogP contribution in [0.1, 0.15) is 16.8 Å². The monoisotopic (exact) mass is 416 g/mol. The molecule has 0 radical (unpaired) electrons. The Labute approximate surface area is 183 Å². The molecule has 2 heterocycles. The molecule has 2 N–H and O–H groups in total. The zero-order valence-electron chi connectivity index (χ0n) is 17.6. The fourth-order valence-corrected chi connectivity index (χ4v) is 3.95. The molecule has 160 valence electrons. The van der Waals surface area contributed by atoms with Gasteiger partial charge in [-0.3, -0.25) is 19.6 Å². The number of carbonyl (C=O) groups excluding carboxylic acids is 1. The third kappa shape index (κ3) is 5.69. The molecule has 31 heavy (non-hydrogen) atoms. The molecule has 1 atom stereocenters. The molecule has 4 rings (SSSR count). The lowest BCUT2D eigenvalue weighted by Crippen LogP contribution is -2.57. The van der Waals surface area contributed by atoms with E-state index in [0.717, 1.165) is 36.6 Å². The third-order valence-corrected chi connectivity index (χ3v) is 5.60. The molecule has 1 amide bonds. The molecule has 1 aromatic heterocycles. The highest BCUT2D eigenvalue weighted by Gasteiger charge is 2.31. The highest BCUT2D eigenvalue weighted by atomic mass is 16.5. The van der Waals surface area contributed by atoms with Gasteiger partial charge in [-0.05, 0) is 23.8 Å². The topological polar surface area (TPSA) is 71.7 Å². The molecular weight excluding hydrogens is 388 g/mol. The summed E-state index contributed by atoms with van der Waals surface area (Å²) in [5.74, 6) is 0.521. The Morgan fingerprint density at radius 1 is 0.968 bits per heavy atom. The second-order valence-electron chi connectivity index (χ2n) is 7.83. The van der Waals surface area contributed by atoms with Gasteiger partial charge >= 0.3 is 0 Å². The molecule has 1 saturated heterocycles. The SMILES string of the molecule is NC(=O)[C@H]1CN(Cc2ccccc2)CCN1Cc1ccccc1OCc1ccccn1. The van der Waals surface area contributed by atoms with Gasteiger partial charge in [0.15, 0.2) is 0 Å². The number of pyridine rings is 1. The van der Waals surface area contributed by atoms with E-state index < -0.39 is 0 Å². The van der Waals surface area contributed by atoms with Crippen LogP contribution in [0.2, 0.25) is 0 Å². The summed E-state index contributed by atoms with van der Waals surface area (Å²) in [6.45, 7) is 4.13. The van der Waals surface area contributed by atoms with Gasteiger partial charge in [0.2, 0.25) is 5.91 Å². The van der Waals surface area contributed by atoms with Gasteiger partial charge in [0.05, 0.1) is 5.69 Å². The highest BCUT2D eigenvalue weighted by Crippen LogP contribution is 2.23. The molecule has 1 aliphatic rings. The van der Waals surface area contributed by atoms with Gasteiger partial charge in [0.1, 0.15) is 18.4 Å². The Morgan fingerprint density at radius 3 is 2.52 bits per heavy atom. The lowest BCUT2D eigenvalue weighted by molar-refractivity contribution is -0.126. The molecule has 2 aromatic carbocycles. The minimum Gasteiger partial charge on any atom is -0.487 e. The zero-order valence-corrected chi connectivity index (χ0v) is 17.6. The van der Waals surface area contributed by atoms with Crippen LogP contribution in [-0.4, -0.2) is 46.4 Å². The molecule has 6 heteroatoms. The summed E-state index contributed by atoms with van der Waals surface area (Å²) in [5, 5.41) is 0. The van der Waals surface area contributed by atoms with Gasteiger partial charge < -0.3 is 10.5 Å². The fraction of sp³-hybridized carbons (Fsp3) is 0.280. The van der Waals surface area contributed by atoms with Crippen molar-refractivity contribution in [3.63, 3.8) is 0 Å². The van der Waals surface area contributed by atoms with Crippen LogP contribution < -0.4 is 10.5 Å². The van der Waals surface area contributed by atoms with Gasteiger partial charge in [-0.15, -0.1) is 0 Å². The van der Waals surface area contributed by atoms with E-state index >= 15 is 0 Å². The number of carbonyl (C=O) groups is 1. The molecule has 0 spiro atoms. The second kappa shape index (κ2) is 10.2. The van der Waals surface area contributed by atoms with Crippen LogP contribution in [-0.2, 0) is 24.5 Å². The molecule has 6 nitrogen and oxygen atoms in total. The molecule has 0 aliphatic carbocycles. The van der Waals surface area contributed by atoms with Crippen LogP contribution >= 0.6 is 0 Å². The van der Waals surface area contributed by atoms with Crippen molar-refractivity contribution in [3.05, 3.63) is 95.8 Å². The van der Waals surface area contributed by atoms with Crippen LogP contribution in [0.4, 0.5) is 0 Å². The van der Waals surface area contributed by atoms with E-state index in [1.807, 2.05) is 60.7 Å². The molecule has 3 aromatic rings. The quantitative estimate of drug-likeness (QED) is 0.611. The first-order valence-corrected chi connectivity index (χ1v) is 10.6. The largest absolute Gasteiger partial charge is 0.487 e. The van der Waals surface area contributed by atoms with Crippen molar-refractivity contribution in [1.82, 2.24) is 14.8 Å². The lowest BCUT2D eigenvalue weighted by atomic mass is 10.1. The van der Waals surface area contributed by atoms with Crippen molar-refractivity contribution in [2.45, 2.75) is 25.7 Å². The Kier molecular flexibility index (Phi) is 6.92. The lowest BCUT2D eigenvalue weighted by Gasteiger charge is -2.40. The maximum atomic E-state index is 12.3. The molecule has 0 saturated carbocycles. The van der Waals surface area contributed by atoms with Crippen molar-refractivity contribution >= 4 is 5.91 Å². The first-order chi connectivity index (χ1) is 15.2. The average molecular weight is 417 g/mol. The van der Waals surface area contributed by atoms with Crippen molar-refractivity contribution in [1.29, 1.82) is 0 Å². The number of amides is 1. The average Bonchev–Trinajstić information content (AvgIpc) is 2.81. The molecule has 0 bridgehead atoms. The number of aromatic nitrogens is 1. The number of para-hydroxylation sites is 1. The van der Waals surface area contributed by atoms with Crippen LogP contribution in [0.15, 0.2) is 79.0 Å². The van der Waals surface area contributed by atoms with E-state index in [9.17, 15) is 4.79 Å². The normalized spacial score (nSPS) is 17.4. The van der Waals surface area contributed by atoms with Gasteiger partial charge in [-0.2, -0.15) is 0 Å². The Hall–Kier alpha value is -3.22. The van der Waals surface area contributed by atoms with Crippen molar-refractivity contribution in [2.24, 2.45) is 5.73 Å². The summed E-state index contributed by atoms with van der Waals surface area (Å²) in [5.41, 5.74) is 8.96. The zero-order chi connectivity index (χ0) is 21.5. The maximum absolute atomic E-state index is 12.3. The minimum absolute atomic E-state index is 0.287. The predicted octanol–water partition coefficient (Wildman–Crippen LogP) is 2.83. The number of hydrogen-bond donors (Lipinski definition) is 1. The van der Waals surface area contributed by atoms with Crippen LogP contribution in [0.3, 0.4) is 0 Å². The summed E-state index contributed by atoms with van der Waals surface area (Å²) in [4.78, 5) is 21.0. The Balaban J connectivity index is 1.42. The van der Waals surface area contributed by atoms with Crippen LogP contribution in [0.5, 0.6) is 5.75 Å². The highest BCUT2D eigenvalue weighted by molar-refractivity contribution is 5.80. The number of nitrogens with two attached hydrogens (primary N) is 1. The summed E-state index contributed by atoms with van der Waals surface area (Å²) < 4.78 is 6.04. The van der Waals surface area contributed by atoms with E-state index in [1.54, 1.807) is 6.20 Å². The summed E-state index contributed by atoms with van der Waals surface area (Å²) >= 11 is 0. The third-order valence-electron chi connectivity index (χ3n) is 5.60. The van der Waals surface area contributed by atoms with E-state index in [-0.39, 0.29) is 11.9 Å². The number of hydrogen-bond acceptors (Lipinski definition) is 5. The first-order valence-electron chi connectivity index (χ1n) is 10.6. The maximum Gasteiger partial charge on any atom is 0.236 e. The second-order valence-corrected chi connectivity index (χ2v) is 7.83. The van der Waals surface area contributed by atoms with E-state index in [2.05, 4.69) is 26.9 Å². The Bertz CT molecular complexity index is 981. The Morgan fingerprint density at radius 2 is 1.74 bits per heavy atom. The van der Waals surface area contributed by atoms with E-state index in [1.165, 1.54) is 5.56 Å². The van der Waals surface area contributed by atoms with Gasteiger partial charge in [0.25, 0.3) is 0 Å². The predicted molar refractivity (Wildman–Crippen MR) is 120 cm³/mol. The number of nitrogens with zero attached hydrogens (tertiary/aromatic N) is 3. The van der Waals surface area contributed by atoms with Crippen LogP contribution in [0, 0.1) is 0 Å². The molecule has 0 unspecified atom stereocenters.